The number of hydrogen-bond acceptors (Lipinski definition) is 6. The van der Waals surface area contributed by atoms with E-state index in [1.54, 1.807) is 19.1 Å². The summed E-state index contributed by atoms with van der Waals surface area (Å²) in [6.45, 7) is 2.23. The maximum absolute atomic E-state index is 6.14. The molecule has 6 nitrogen and oxygen atoms in total. The van der Waals surface area contributed by atoms with Crippen molar-refractivity contribution in [3.63, 3.8) is 0 Å². The molecule has 0 fully saturated rings. The minimum absolute atomic E-state index is 0.148. The quantitative estimate of drug-likeness (QED) is 0.904. The molecule has 102 valence electrons. The summed E-state index contributed by atoms with van der Waals surface area (Å²) >= 11 is 6.14. The molecule has 1 aromatic carbocycles. The summed E-state index contributed by atoms with van der Waals surface area (Å²) in [7, 11) is 1.54. The minimum Gasteiger partial charge on any atom is -0.493 e. The van der Waals surface area contributed by atoms with Gasteiger partial charge in [0.2, 0.25) is 11.7 Å². The summed E-state index contributed by atoms with van der Waals surface area (Å²) in [5.41, 5.74) is 6.44. The number of aryl methyl sites for hydroxylation is 1. The van der Waals surface area contributed by atoms with Crippen LogP contribution in [0.25, 0.3) is 0 Å². The van der Waals surface area contributed by atoms with Gasteiger partial charge >= 0.3 is 0 Å². The maximum Gasteiger partial charge on any atom is 0.223 e. The fourth-order valence-corrected chi connectivity index (χ4v) is 1.86. The lowest BCUT2D eigenvalue weighted by Gasteiger charge is -2.12. The molecule has 0 saturated heterocycles. The third-order valence-electron chi connectivity index (χ3n) is 2.44. The van der Waals surface area contributed by atoms with E-state index in [0.717, 1.165) is 5.56 Å². The van der Waals surface area contributed by atoms with Crippen LogP contribution in [-0.4, -0.2) is 17.3 Å². The molecule has 0 aliphatic heterocycles. The summed E-state index contributed by atoms with van der Waals surface area (Å²) in [6, 6.07) is 3.52. The van der Waals surface area contributed by atoms with Crippen molar-refractivity contribution in [2.24, 2.45) is 5.73 Å². The Labute approximate surface area is 115 Å². The van der Waals surface area contributed by atoms with Gasteiger partial charge < -0.3 is 19.7 Å². The summed E-state index contributed by atoms with van der Waals surface area (Å²) in [4.78, 5) is 4.04. The van der Waals surface area contributed by atoms with E-state index < -0.39 is 0 Å². The van der Waals surface area contributed by atoms with Gasteiger partial charge in [0.25, 0.3) is 0 Å². The molecule has 0 atom stereocenters. The number of hydrogen-bond donors (Lipinski definition) is 1. The van der Waals surface area contributed by atoms with Gasteiger partial charge in [-0.3, -0.25) is 0 Å². The molecule has 7 heteroatoms. The summed E-state index contributed by atoms with van der Waals surface area (Å²) in [5, 5.41) is 4.17. The first-order chi connectivity index (χ1) is 9.13. The van der Waals surface area contributed by atoms with E-state index in [1.807, 2.05) is 0 Å². The van der Waals surface area contributed by atoms with Crippen LogP contribution >= 0.6 is 11.6 Å². The molecule has 2 N–H and O–H groups in total. The van der Waals surface area contributed by atoms with Gasteiger partial charge in [-0.25, -0.2) is 0 Å². The van der Waals surface area contributed by atoms with Gasteiger partial charge in [-0.15, -0.1) is 0 Å². The first kappa shape index (κ1) is 13.6. The third-order valence-corrected chi connectivity index (χ3v) is 2.72. The highest BCUT2D eigenvalue weighted by molar-refractivity contribution is 6.32. The molecule has 0 aliphatic rings. The fraction of sp³-hybridized carbons (Fsp3) is 0.333. The molecule has 0 saturated carbocycles. The highest BCUT2D eigenvalue weighted by atomic mass is 35.5. The average Bonchev–Trinajstić information content (AvgIpc) is 2.82. The lowest BCUT2D eigenvalue weighted by molar-refractivity contribution is 0.269. The zero-order chi connectivity index (χ0) is 13.8. The Balaban J connectivity index is 2.19. The van der Waals surface area contributed by atoms with Crippen LogP contribution in [-0.2, 0) is 13.2 Å². The van der Waals surface area contributed by atoms with E-state index in [2.05, 4.69) is 10.1 Å². The number of nitrogens with zero attached hydrogens (tertiary/aromatic N) is 2. The van der Waals surface area contributed by atoms with Gasteiger partial charge in [-0.2, -0.15) is 4.98 Å². The minimum atomic E-state index is 0.148. The van der Waals surface area contributed by atoms with E-state index in [4.69, 9.17) is 31.3 Å². The van der Waals surface area contributed by atoms with Gasteiger partial charge in [-0.1, -0.05) is 16.8 Å². The van der Waals surface area contributed by atoms with Gasteiger partial charge in [0, 0.05) is 13.5 Å². The molecule has 1 heterocycles. The van der Waals surface area contributed by atoms with Crippen molar-refractivity contribution in [2.75, 3.05) is 7.11 Å². The third kappa shape index (κ3) is 3.15. The molecule has 1 aromatic heterocycles. The number of ether oxygens (including phenoxy) is 2. The van der Waals surface area contributed by atoms with Gasteiger partial charge in [0.05, 0.1) is 12.1 Å². The van der Waals surface area contributed by atoms with Crippen LogP contribution in [0.4, 0.5) is 0 Å². The Morgan fingerprint density at radius 3 is 2.79 bits per heavy atom. The van der Waals surface area contributed by atoms with Crippen molar-refractivity contribution >= 4 is 11.6 Å². The Morgan fingerprint density at radius 2 is 2.21 bits per heavy atom. The molecule has 19 heavy (non-hydrogen) atoms. The van der Waals surface area contributed by atoms with Gasteiger partial charge in [0.1, 0.15) is 0 Å². The van der Waals surface area contributed by atoms with Crippen LogP contribution in [0.15, 0.2) is 16.7 Å². The molecule has 2 aromatic rings. The molecule has 2 rings (SSSR count). The second-order valence-electron chi connectivity index (χ2n) is 3.83. The van der Waals surface area contributed by atoms with Crippen LogP contribution in [0.3, 0.4) is 0 Å². The highest BCUT2D eigenvalue weighted by Crippen LogP contribution is 2.36. The predicted octanol–water partition coefficient (Wildman–Crippen LogP) is 2.08. The number of aromatic nitrogens is 2. The van der Waals surface area contributed by atoms with Crippen LogP contribution in [0.1, 0.15) is 17.3 Å². The van der Waals surface area contributed by atoms with Gasteiger partial charge in [-0.05, 0) is 17.7 Å². The number of methoxy groups -OCH3 is 1. The van der Waals surface area contributed by atoms with Gasteiger partial charge in [0.15, 0.2) is 18.1 Å². The second kappa shape index (κ2) is 5.90. The molecule has 0 bridgehead atoms. The SMILES string of the molecule is COc1cc(CN)cc(Cl)c1OCc1noc(C)n1. The normalized spacial score (nSPS) is 10.5. The number of benzene rings is 1. The maximum atomic E-state index is 6.14. The number of halogens is 1. The molecule has 0 unspecified atom stereocenters. The van der Waals surface area contributed by atoms with Crippen molar-refractivity contribution in [3.05, 3.63) is 34.4 Å². The molecule has 0 spiro atoms. The van der Waals surface area contributed by atoms with Crippen LogP contribution in [0.2, 0.25) is 5.02 Å². The lowest BCUT2D eigenvalue weighted by atomic mass is 10.2. The Kier molecular flexibility index (Phi) is 4.24. The average molecular weight is 284 g/mol. The van der Waals surface area contributed by atoms with E-state index in [0.29, 0.717) is 34.8 Å². The number of rotatable bonds is 5. The fourth-order valence-electron chi connectivity index (χ4n) is 1.57. The Hall–Kier alpha value is -1.79. The molecule has 0 aliphatic carbocycles. The van der Waals surface area contributed by atoms with Crippen molar-refractivity contribution in [3.8, 4) is 11.5 Å². The summed E-state index contributed by atoms with van der Waals surface area (Å²) < 4.78 is 15.7. The standard InChI is InChI=1S/C12H14ClN3O3/c1-7-15-11(16-19-7)6-18-12-9(13)3-8(5-14)4-10(12)17-2/h3-4H,5-6,14H2,1-2H3. The van der Waals surface area contributed by atoms with E-state index >= 15 is 0 Å². The van der Waals surface area contributed by atoms with Crippen molar-refractivity contribution in [1.29, 1.82) is 0 Å². The smallest absolute Gasteiger partial charge is 0.223 e. The molecule has 0 radical (unpaired) electrons. The van der Waals surface area contributed by atoms with Crippen LogP contribution in [0.5, 0.6) is 11.5 Å². The number of nitrogens with two attached hydrogens (primary N) is 1. The Morgan fingerprint density at radius 1 is 1.42 bits per heavy atom. The van der Waals surface area contributed by atoms with Crippen LogP contribution < -0.4 is 15.2 Å². The second-order valence-corrected chi connectivity index (χ2v) is 4.24. The van der Waals surface area contributed by atoms with Crippen molar-refractivity contribution in [2.45, 2.75) is 20.1 Å². The van der Waals surface area contributed by atoms with E-state index in [1.165, 1.54) is 7.11 Å². The summed E-state index contributed by atoms with van der Waals surface area (Å²) in [6.07, 6.45) is 0. The summed E-state index contributed by atoms with van der Waals surface area (Å²) in [5.74, 6) is 1.88. The molecular formula is C12H14ClN3O3. The molecular weight excluding hydrogens is 270 g/mol. The highest BCUT2D eigenvalue weighted by Gasteiger charge is 2.13. The van der Waals surface area contributed by atoms with Crippen molar-refractivity contribution < 1.29 is 14.0 Å². The first-order valence-corrected chi connectivity index (χ1v) is 6.00. The largest absolute Gasteiger partial charge is 0.493 e. The monoisotopic (exact) mass is 283 g/mol. The lowest BCUT2D eigenvalue weighted by Crippen LogP contribution is -2.02. The van der Waals surface area contributed by atoms with E-state index in [-0.39, 0.29) is 6.61 Å². The van der Waals surface area contributed by atoms with E-state index in [9.17, 15) is 0 Å². The molecule has 0 amide bonds. The zero-order valence-corrected chi connectivity index (χ0v) is 11.4. The van der Waals surface area contributed by atoms with Crippen LogP contribution in [0, 0.1) is 6.92 Å². The first-order valence-electron chi connectivity index (χ1n) is 5.62. The Bertz CT molecular complexity index is 571. The predicted molar refractivity (Wildman–Crippen MR) is 69.3 cm³/mol. The van der Waals surface area contributed by atoms with Crippen molar-refractivity contribution in [1.82, 2.24) is 10.1 Å². The zero-order valence-electron chi connectivity index (χ0n) is 10.6. The topological polar surface area (TPSA) is 83.4 Å².